The van der Waals surface area contributed by atoms with E-state index in [0.29, 0.717) is 45.1 Å². The van der Waals surface area contributed by atoms with Crippen molar-refractivity contribution in [1.82, 2.24) is 4.68 Å². The van der Waals surface area contributed by atoms with Gasteiger partial charge in [-0.1, -0.05) is 60.7 Å². The first-order valence-corrected chi connectivity index (χ1v) is 14.3. The van der Waals surface area contributed by atoms with E-state index in [-0.39, 0.29) is 12.4 Å². The van der Waals surface area contributed by atoms with E-state index >= 15 is 0 Å². The summed E-state index contributed by atoms with van der Waals surface area (Å²) in [6.45, 7) is 3.82. The van der Waals surface area contributed by atoms with Crippen LogP contribution in [-0.4, -0.2) is 42.8 Å². The molecule has 0 radical (unpaired) electrons. The van der Waals surface area contributed by atoms with Crippen LogP contribution in [0.5, 0.6) is 17.2 Å². The number of esters is 1. The maximum atomic E-state index is 12.9. The second-order valence-electron chi connectivity index (χ2n) is 10.3. The average Bonchev–Trinajstić information content (AvgIpc) is 3.38. The van der Waals surface area contributed by atoms with Gasteiger partial charge in [-0.2, -0.15) is 5.10 Å². The number of phenols is 1. The van der Waals surface area contributed by atoms with E-state index in [1.165, 1.54) is 0 Å². The van der Waals surface area contributed by atoms with Crippen LogP contribution in [0.1, 0.15) is 28.5 Å². The molecule has 1 N–H and O–H groups in total. The predicted molar refractivity (Wildman–Crippen MR) is 175 cm³/mol. The minimum absolute atomic E-state index is 0.108. The molecule has 6 rings (SSSR count). The molecule has 1 heterocycles. The van der Waals surface area contributed by atoms with Gasteiger partial charge < -0.3 is 19.3 Å². The lowest BCUT2D eigenvalue weighted by molar-refractivity contribution is 0.0525. The molecule has 0 spiro atoms. The van der Waals surface area contributed by atoms with Crippen molar-refractivity contribution in [2.24, 2.45) is 5.10 Å². The van der Waals surface area contributed by atoms with Crippen molar-refractivity contribution in [3.8, 4) is 39.6 Å². The Labute approximate surface area is 255 Å². The van der Waals surface area contributed by atoms with Gasteiger partial charge in [0.05, 0.1) is 44.0 Å². The molecular formula is C37H32N2O5. The number of phenolic OH excluding ortho intramolecular Hbond substituents is 1. The second kappa shape index (κ2) is 12.0. The van der Waals surface area contributed by atoms with Crippen LogP contribution in [0.15, 0.2) is 102 Å². The molecule has 0 fully saturated rings. The largest absolute Gasteiger partial charge is 0.507 e. The normalized spacial score (nSPS) is 11.4. The molecule has 0 aliphatic rings. The van der Waals surface area contributed by atoms with Crippen molar-refractivity contribution < 1.29 is 24.1 Å². The molecule has 44 heavy (non-hydrogen) atoms. The van der Waals surface area contributed by atoms with Crippen LogP contribution in [0.3, 0.4) is 0 Å². The molecule has 0 saturated carbocycles. The zero-order chi connectivity index (χ0) is 30.8. The number of carbonyl (C=O) groups is 1. The monoisotopic (exact) mass is 584 g/mol. The van der Waals surface area contributed by atoms with Gasteiger partial charge in [-0.15, -0.1) is 0 Å². The summed E-state index contributed by atoms with van der Waals surface area (Å²) in [5.74, 6) is 0.857. The third kappa shape index (κ3) is 5.02. The lowest BCUT2D eigenvalue weighted by Gasteiger charge is -2.14. The topological polar surface area (TPSA) is 82.3 Å². The number of aromatic hydroxyl groups is 1. The fourth-order valence-electron chi connectivity index (χ4n) is 5.65. The number of rotatable bonds is 8. The molecule has 0 aliphatic heterocycles. The van der Waals surface area contributed by atoms with E-state index in [1.807, 2.05) is 61.5 Å². The summed E-state index contributed by atoms with van der Waals surface area (Å²) in [5, 5.41) is 20.8. The standard InChI is InChI=1S/C37H32N2O5/c1-5-44-37(41)32-21-33(30-18-17-27(42-3)20-34(30)43-4)39(23(32)2)38-22-26-13-10-16-31(36(26)40)35-28-14-8-6-11-24(28)19-25-12-7-9-15-29(25)35/h6-22,40H,5H2,1-4H3/b38-22-. The van der Waals surface area contributed by atoms with Crippen LogP contribution in [0.25, 0.3) is 43.9 Å². The number of hydrogen-bond donors (Lipinski definition) is 1. The van der Waals surface area contributed by atoms with Crippen molar-refractivity contribution in [2.75, 3.05) is 20.8 Å². The van der Waals surface area contributed by atoms with Crippen LogP contribution >= 0.6 is 0 Å². The van der Waals surface area contributed by atoms with Gasteiger partial charge in [0.15, 0.2) is 0 Å². The number of methoxy groups -OCH3 is 2. The molecule has 7 heteroatoms. The number of hydrogen-bond acceptors (Lipinski definition) is 6. The highest BCUT2D eigenvalue weighted by Crippen LogP contribution is 2.41. The minimum Gasteiger partial charge on any atom is -0.507 e. The van der Waals surface area contributed by atoms with Gasteiger partial charge in [0.1, 0.15) is 17.2 Å². The third-order valence-corrected chi connectivity index (χ3v) is 7.82. The lowest BCUT2D eigenvalue weighted by Crippen LogP contribution is -2.06. The highest BCUT2D eigenvalue weighted by atomic mass is 16.5. The Morgan fingerprint density at radius 3 is 2.20 bits per heavy atom. The lowest BCUT2D eigenvalue weighted by atomic mass is 9.91. The molecule has 0 unspecified atom stereocenters. The van der Waals surface area contributed by atoms with Crippen molar-refractivity contribution in [1.29, 1.82) is 0 Å². The fourth-order valence-corrected chi connectivity index (χ4v) is 5.65. The maximum absolute atomic E-state index is 12.9. The zero-order valence-corrected chi connectivity index (χ0v) is 25.0. The van der Waals surface area contributed by atoms with E-state index in [4.69, 9.17) is 19.3 Å². The predicted octanol–water partition coefficient (Wildman–Crippen LogP) is 8.22. The van der Waals surface area contributed by atoms with Gasteiger partial charge >= 0.3 is 5.97 Å². The Kier molecular flexibility index (Phi) is 7.77. The molecule has 1 aromatic heterocycles. The molecule has 220 valence electrons. The molecule has 0 atom stereocenters. The van der Waals surface area contributed by atoms with Crippen molar-refractivity contribution in [3.63, 3.8) is 0 Å². The molecule has 5 aromatic carbocycles. The van der Waals surface area contributed by atoms with E-state index in [0.717, 1.165) is 27.1 Å². The van der Waals surface area contributed by atoms with Gasteiger partial charge in [-0.3, -0.25) is 0 Å². The first-order chi connectivity index (χ1) is 21.4. The molecule has 0 bridgehead atoms. The smallest absolute Gasteiger partial charge is 0.340 e. The van der Waals surface area contributed by atoms with Crippen molar-refractivity contribution >= 4 is 33.7 Å². The number of benzene rings is 5. The second-order valence-corrected chi connectivity index (χ2v) is 10.3. The van der Waals surface area contributed by atoms with Gasteiger partial charge in [0.2, 0.25) is 0 Å². The summed E-state index contributed by atoms with van der Waals surface area (Å²) in [6, 6.07) is 31.4. The van der Waals surface area contributed by atoms with Crippen molar-refractivity contribution in [2.45, 2.75) is 13.8 Å². The Bertz CT molecular complexity index is 2000. The van der Waals surface area contributed by atoms with E-state index in [1.54, 1.807) is 44.2 Å². The van der Waals surface area contributed by atoms with Gasteiger partial charge in [0, 0.05) is 28.3 Å². The van der Waals surface area contributed by atoms with Gasteiger partial charge in [-0.05, 0) is 65.7 Å². The molecule has 0 saturated heterocycles. The van der Waals surface area contributed by atoms with Crippen LogP contribution in [0.4, 0.5) is 0 Å². The zero-order valence-electron chi connectivity index (χ0n) is 25.0. The van der Waals surface area contributed by atoms with Crippen molar-refractivity contribution in [3.05, 3.63) is 114 Å². The summed E-state index contributed by atoms with van der Waals surface area (Å²) in [6.07, 6.45) is 1.60. The Balaban J connectivity index is 1.51. The summed E-state index contributed by atoms with van der Waals surface area (Å²) in [5.41, 5.74) is 4.49. The summed E-state index contributed by atoms with van der Waals surface area (Å²) >= 11 is 0. The SMILES string of the molecule is CCOC(=O)c1cc(-c2ccc(OC)cc2OC)n(/N=C\c2cccc(-c3c4ccccc4cc4ccccc34)c2O)c1C. The van der Waals surface area contributed by atoms with E-state index < -0.39 is 5.97 Å². The van der Waals surface area contributed by atoms with Crippen LogP contribution in [0, 0.1) is 6.92 Å². The summed E-state index contributed by atoms with van der Waals surface area (Å²) < 4.78 is 18.0. The maximum Gasteiger partial charge on any atom is 0.340 e. The Morgan fingerprint density at radius 2 is 1.55 bits per heavy atom. The highest BCUT2D eigenvalue weighted by molar-refractivity contribution is 6.14. The number of ether oxygens (including phenoxy) is 3. The van der Waals surface area contributed by atoms with Crippen LogP contribution in [0.2, 0.25) is 0 Å². The summed E-state index contributed by atoms with van der Waals surface area (Å²) in [4.78, 5) is 12.9. The quantitative estimate of drug-likeness (QED) is 0.111. The number of fused-ring (bicyclic) bond motifs is 2. The van der Waals surface area contributed by atoms with Crippen LogP contribution in [-0.2, 0) is 4.74 Å². The Morgan fingerprint density at radius 1 is 0.841 bits per heavy atom. The van der Waals surface area contributed by atoms with Gasteiger partial charge in [-0.25, -0.2) is 9.47 Å². The average molecular weight is 585 g/mol. The van der Waals surface area contributed by atoms with Gasteiger partial charge in [0.25, 0.3) is 0 Å². The minimum atomic E-state index is -0.444. The summed E-state index contributed by atoms with van der Waals surface area (Å²) in [7, 11) is 3.17. The molecule has 0 aliphatic carbocycles. The van der Waals surface area contributed by atoms with Crippen LogP contribution < -0.4 is 9.47 Å². The first kappa shape index (κ1) is 28.6. The highest BCUT2D eigenvalue weighted by Gasteiger charge is 2.22. The third-order valence-electron chi connectivity index (χ3n) is 7.82. The number of nitrogens with zero attached hydrogens (tertiary/aromatic N) is 2. The number of carbonyl (C=O) groups excluding carboxylic acids is 1. The Hall–Kier alpha value is -5.56. The number of para-hydroxylation sites is 1. The van der Waals surface area contributed by atoms with E-state index in [2.05, 4.69) is 30.3 Å². The first-order valence-electron chi connectivity index (χ1n) is 14.3. The molecular weight excluding hydrogens is 552 g/mol. The van der Waals surface area contributed by atoms with E-state index in [9.17, 15) is 9.90 Å². The molecule has 6 aromatic rings. The number of aromatic nitrogens is 1. The fraction of sp³-hybridized carbons (Fsp3) is 0.135. The molecule has 0 amide bonds. The molecule has 7 nitrogen and oxygen atoms in total.